The summed E-state index contributed by atoms with van der Waals surface area (Å²) in [6.07, 6.45) is 3.38. The number of aliphatic hydroxyl groups is 1. The van der Waals surface area contributed by atoms with Crippen LogP contribution in [0.15, 0.2) is 54.9 Å². The molecule has 0 amide bonds. The Kier molecular flexibility index (Phi) is 3.98. The molecule has 2 aromatic carbocycles. The first kappa shape index (κ1) is 14.4. The lowest BCUT2D eigenvalue weighted by Gasteiger charge is -2.06. The van der Waals surface area contributed by atoms with Gasteiger partial charge >= 0.3 is 0 Å². The van der Waals surface area contributed by atoms with Crippen molar-refractivity contribution < 1.29 is 13.9 Å². The van der Waals surface area contributed by atoms with Crippen molar-refractivity contribution >= 4 is 0 Å². The molecule has 5 heteroatoms. The molecule has 3 nitrogen and oxygen atoms in total. The van der Waals surface area contributed by atoms with Crippen LogP contribution in [0.3, 0.4) is 0 Å². The van der Waals surface area contributed by atoms with Gasteiger partial charge in [-0.1, -0.05) is 24.3 Å². The van der Waals surface area contributed by atoms with Gasteiger partial charge in [0.25, 0.3) is 0 Å². The minimum absolute atomic E-state index is 0.0389. The summed E-state index contributed by atoms with van der Waals surface area (Å²) in [7, 11) is 0. The minimum atomic E-state index is -0.587. The average Bonchev–Trinajstić information content (AvgIpc) is 2.96. The van der Waals surface area contributed by atoms with Gasteiger partial charge in [-0.3, -0.25) is 4.68 Å². The minimum Gasteiger partial charge on any atom is -0.392 e. The van der Waals surface area contributed by atoms with Crippen LogP contribution in [0.1, 0.15) is 11.1 Å². The number of benzene rings is 2. The van der Waals surface area contributed by atoms with Gasteiger partial charge in [0.1, 0.15) is 11.6 Å². The van der Waals surface area contributed by atoms with E-state index in [1.165, 1.54) is 12.1 Å². The SMILES string of the molecule is OCc1cnn(Cc2ccc(-c3ccc(F)cc3F)cc2)c1. The summed E-state index contributed by atoms with van der Waals surface area (Å²) in [6, 6.07) is 10.9. The van der Waals surface area contributed by atoms with Crippen LogP contribution < -0.4 is 0 Å². The second-order valence-electron chi connectivity index (χ2n) is 5.03. The van der Waals surface area contributed by atoms with Crippen molar-refractivity contribution in [3.05, 3.63) is 77.6 Å². The molecule has 0 aliphatic carbocycles. The number of rotatable bonds is 4. The molecule has 112 valence electrons. The fourth-order valence-electron chi connectivity index (χ4n) is 2.27. The van der Waals surface area contributed by atoms with Crippen LogP contribution in [0.2, 0.25) is 0 Å². The highest BCUT2D eigenvalue weighted by molar-refractivity contribution is 5.64. The molecule has 3 aromatic rings. The second kappa shape index (κ2) is 6.07. The zero-order chi connectivity index (χ0) is 15.5. The van der Waals surface area contributed by atoms with E-state index in [9.17, 15) is 8.78 Å². The summed E-state index contributed by atoms with van der Waals surface area (Å²) in [5, 5.41) is 13.2. The van der Waals surface area contributed by atoms with Crippen molar-refractivity contribution in [2.24, 2.45) is 0 Å². The van der Waals surface area contributed by atoms with Crippen LogP contribution >= 0.6 is 0 Å². The van der Waals surface area contributed by atoms with Crippen LogP contribution in [0, 0.1) is 11.6 Å². The molecule has 0 unspecified atom stereocenters. The van der Waals surface area contributed by atoms with E-state index in [4.69, 9.17) is 5.11 Å². The number of hydrogen-bond donors (Lipinski definition) is 1. The Morgan fingerprint density at radius 2 is 1.77 bits per heavy atom. The van der Waals surface area contributed by atoms with Gasteiger partial charge in [0.2, 0.25) is 0 Å². The molecular weight excluding hydrogens is 286 g/mol. The molecule has 0 radical (unpaired) electrons. The highest BCUT2D eigenvalue weighted by atomic mass is 19.1. The molecule has 0 bridgehead atoms. The Hall–Kier alpha value is -2.53. The maximum absolute atomic E-state index is 13.7. The lowest BCUT2D eigenvalue weighted by molar-refractivity contribution is 0.281. The molecule has 0 fully saturated rings. The van der Waals surface area contributed by atoms with Gasteiger partial charge in [-0.25, -0.2) is 8.78 Å². The summed E-state index contributed by atoms with van der Waals surface area (Å²) in [6.45, 7) is 0.523. The topological polar surface area (TPSA) is 38.1 Å². The van der Waals surface area contributed by atoms with Crippen molar-refractivity contribution in [1.82, 2.24) is 9.78 Å². The van der Waals surface area contributed by atoms with Gasteiger partial charge in [-0.2, -0.15) is 5.10 Å². The van der Waals surface area contributed by atoms with Crippen molar-refractivity contribution in [2.75, 3.05) is 0 Å². The smallest absolute Gasteiger partial charge is 0.133 e. The highest BCUT2D eigenvalue weighted by Crippen LogP contribution is 2.24. The summed E-state index contributed by atoms with van der Waals surface area (Å²) in [4.78, 5) is 0. The third-order valence-electron chi connectivity index (χ3n) is 3.41. The summed E-state index contributed by atoms with van der Waals surface area (Å²) >= 11 is 0. The monoisotopic (exact) mass is 300 g/mol. The van der Waals surface area contributed by atoms with E-state index in [-0.39, 0.29) is 6.61 Å². The Bertz CT molecular complexity index is 782. The lowest BCUT2D eigenvalue weighted by atomic mass is 10.0. The molecule has 1 N–H and O–H groups in total. The number of hydrogen-bond acceptors (Lipinski definition) is 2. The van der Waals surface area contributed by atoms with Gasteiger partial charge in [-0.15, -0.1) is 0 Å². The summed E-state index contributed by atoms with van der Waals surface area (Å²) in [5.41, 5.74) is 2.82. The second-order valence-corrected chi connectivity index (χ2v) is 5.03. The molecule has 0 saturated heterocycles. The van der Waals surface area contributed by atoms with Gasteiger partial charge in [-0.05, 0) is 23.3 Å². The van der Waals surface area contributed by atoms with Crippen LogP contribution in [0.25, 0.3) is 11.1 Å². The Labute approximate surface area is 126 Å². The number of aromatic nitrogens is 2. The van der Waals surface area contributed by atoms with Gasteiger partial charge in [0.05, 0.1) is 19.3 Å². The largest absolute Gasteiger partial charge is 0.392 e. The molecule has 3 rings (SSSR count). The van der Waals surface area contributed by atoms with E-state index in [0.717, 1.165) is 17.2 Å². The predicted molar refractivity (Wildman–Crippen MR) is 79.0 cm³/mol. The summed E-state index contributed by atoms with van der Waals surface area (Å²) < 4.78 is 28.4. The van der Waals surface area contributed by atoms with Crippen molar-refractivity contribution in [3.8, 4) is 11.1 Å². The van der Waals surface area contributed by atoms with Crippen molar-refractivity contribution in [2.45, 2.75) is 13.2 Å². The molecule has 0 aliphatic rings. The maximum Gasteiger partial charge on any atom is 0.133 e. The first-order chi connectivity index (χ1) is 10.7. The normalized spacial score (nSPS) is 10.9. The molecule has 0 saturated carbocycles. The van der Waals surface area contributed by atoms with Gasteiger partial charge < -0.3 is 5.11 Å². The number of aliphatic hydroxyl groups excluding tert-OH is 1. The molecule has 0 aliphatic heterocycles. The van der Waals surface area contributed by atoms with E-state index in [0.29, 0.717) is 17.7 Å². The van der Waals surface area contributed by atoms with Crippen molar-refractivity contribution in [3.63, 3.8) is 0 Å². The van der Waals surface area contributed by atoms with E-state index >= 15 is 0 Å². The highest BCUT2D eigenvalue weighted by Gasteiger charge is 2.06. The maximum atomic E-state index is 13.7. The molecule has 0 atom stereocenters. The number of halogens is 2. The third-order valence-corrected chi connectivity index (χ3v) is 3.41. The zero-order valence-corrected chi connectivity index (χ0v) is 11.7. The number of nitrogens with zero attached hydrogens (tertiary/aromatic N) is 2. The van der Waals surface area contributed by atoms with E-state index in [1.807, 2.05) is 12.1 Å². The quantitative estimate of drug-likeness (QED) is 0.802. The Morgan fingerprint density at radius 3 is 2.41 bits per heavy atom. The fraction of sp³-hybridized carbons (Fsp3) is 0.118. The van der Waals surface area contributed by atoms with E-state index in [2.05, 4.69) is 5.10 Å². The predicted octanol–water partition coefficient (Wildman–Crippen LogP) is 3.37. The Balaban J connectivity index is 1.80. The van der Waals surface area contributed by atoms with Crippen LogP contribution in [-0.2, 0) is 13.2 Å². The first-order valence-corrected chi connectivity index (χ1v) is 6.82. The lowest BCUT2D eigenvalue weighted by Crippen LogP contribution is -1.99. The molecule has 0 spiro atoms. The average molecular weight is 300 g/mol. The third kappa shape index (κ3) is 3.04. The van der Waals surface area contributed by atoms with Gasteiger partial charge in [0.15, 0.2) is 0 Å². The zero-order valence-electron chi connectivity index (χ0n) is 11.7. The first-order valence-electron chi connectivity index (χ1n) is 6.82. The van der Waals surface area contributed by atoms with Crippen LogP contribution in [0.5, 0.6) is 0 Å². The van der Waals surface area contributed by atoms with E-state index in [1.54, 1.807) is 29.2 Å². The molecular formula is C17H14F2N2O. The Morgan fingerprint density at radius 1 is 1.00 bits per heavy atom. The summed E-state index contributed by atoms with van der Waals surface area (Å²) in [5.74, 6) is -1.16. The van der Waals surface area contributed by atoms with Gasteiger partial charge in [0, 0.05) is 23.4 Å². The molecule has 1 aromatic heterocycles. The molecule has 22 heavy (non-hydrogen) atoms. The van der Waals surface area contributed by atoms with E-state index < -0.39 is 11.6 Å². The van der Waals surface area contributed by atoms with Crippen LogP contribution in [0.4, 0.5) is 8.78 Å². The van der Waals surface area contributed by atoms with Crippen molar-refractivity contribution in [1.29, 1.82) is 0 Å². The van der Waals surface area contributed by atoms with Crippen LogP contribution in [-0.4, -0.2) is 14.9 Å². The fourth-order valence-corrected chi connectivity index (χ4v) is 2.27. The molecule has 1 heterocycles. The standard InChI is InChI=1S/C17H14F2N2O/c18-15-5-6-16(17(19)7-15)14-3-1-12(2-4-14)9-21-10-13(11-22)8-20-21/h1-8,10,22H,9,11H2.